The molecule has 0 bridgehead atoms. The van der Waals surface area contributed by atoms with Crippen molar-refractivity contribution in [3.63, 3.8) is 0 Å². The lowest BCUT2D eigenvalue weighted by molar-refractivity contribution is 0.0684. The Morgan fingerprint density at radius 1 is 1.26 bits per heavy atom. The van der Waals surface area contributed by atoms with Gasteiger partial charge < -0.3 is 9.88 Å². The Morgan fingerprint density at radius 3 is 2.81 bits per heavy atom. The van der Waals surface area contributed by atoms with Gasteiger partial charge in [0.15, 0.2) is 0 Å². The van der Waals surface area contributed by atoms with E-state index in [1.54, 1.807) is 23.3 Å². The minimum absolute atomic E-state index is 0.0345. The van der Waals surface area contributed by atoms with E-state index in [0.717, 1.165) is 29.6 Å². The molecule has 1 amide bonds. The molecule has 3 aromatic heterocycles. The maximum absolute atomic E-state index is 12.9. The molecule has 0 aliphatic carbocycles. The number of fused-ring (bicyclic) bond motifs is 1. The molecule has 4 heterocycles. The van der Waals surface area contributed by atoms with Gasteiger partial charge in [-0.25, -0.2) is 9.97 Å². The van der Waals surface area contributed by atoms with Crippen molar-refractivity contribution < 1.29 is 4.79 Å². The number of hydrogen-bond acceptors (Lipinski definition) is 4. The number of amides is 1. The molecule has 0 atom stereocenters. The fourth-order valence-corrected chi connectivity index (χ4v) is 3.71. The SMILES string of the molecule is Cc1ncn(CC2CCN(C(=O)c3c[nH]c4ncccc34)CC2)c(=O)c1C. The second-order valence-corrected chi connectivity index (χ2v) is 7.25. The van der Waals surface area contributed by atoms with Crippen LogP contribution in [0.4, 0.5) is 0 Å². The number of aromatic amines is 1. The molecule has 1 aliphatic rings. The van der Waals surface area contributed by atoms with Crippen LogP contribution in [0.3, 0.4) is 0 Å². The summed E-state index contributed by atoms with van der Waals surface area (Å²) in [4.78, 5) is 38.8. The molecule has 0 spiro atoms. The van der Waals surface area contributed by atoms with Crippen LogP contribution in [0.25, 0.3) is 11.0 Å². The predicted molar refractivity (Wildman–Crippen MR) is 103 cm³/mol. The highest BCUT2D eigenvalue weighted by molar-refractivity contribution is 6.05. The zero-order chi connectivity index (χ0) is 19.0. The Balaban J connectivity index is 1.42. The van der Waals surface area contributed by atoms with Gasteiger partial charge in [-0.3, -0.25) is 14.2 Å². The lowest BCUT2D eigenvalue weighted by Crippen LogP contribution is -2.40. The van der Waals surface area contributed by atoms with Crippen molar-refractivity contribution in [2.24, 2.45) is 5.92 Å². The lowest BCUT2D eigenvalue weighted by Gasteiger charge is -2.32. The highest BCUT2D eigenvalue weighted by Crippen LogP contribution is 2.23. The molecule has 4 rings (SSSR count). The molecule has 3 aromatic rings. The summed E-state index contributed by atoms with van der Waals surface area (Å²) in [6, 6.07) is 3.76. The topological polar surface area (TPSA) is 83.9 Å². The first-order valence-electron chi connectivity index (χ1n) is 9.28. The molecule has 0 unspecified atom stereocenters. The quantitative estimate of drug-likeness (QED) is 0.772. The van der Waals surface area contributed by atoms with Gasteiger partial charge in [-0.2, -0.15) is 0 Å². The maximum atomic E-state index is 12.9. The third-order valence-electron chi connectivity index (χ3n) is 5.55. The molecule has 1 saturated heterocycles. The van der Waals surface area contributed by atoms with Gasteiger partial charge in [-0.15, -0.1) is 0 Å². The summed E-state index contributed by atoms with van der Waals surface area (Å²) in [5.74, 6) is 0.415. The number of nitrogens with zero attached hydrogens (tertiary/aromatic N) is 4. The van der Waals surface area contributed by atoms with Crippen molar-refractivity contribution in [1.82, 2.24) is 24.4 Å². The Labute approximate surface area is 157 Å². The first-order valence-corrected chi connectivity index (χ1v) is 9.28. The van der Waals surface area contributed by atoms with Gasteiger partial charge in [0.2, 0.25) is 0 Å². The fraction of sp³-hybridized carbons (Fsp3) is 0.400. The molecule has 1 N–H and O–H groups in total. The first kappa shape index (κ1) is 17.5. The molecule has 140 valence electrons. The van der Waals surface area contributed by atoms with Gasteiger partial charge in [0, 0.05) is 48.7 Å². The van der Waals surface area contributed by atoms with Crippen LogP contribution in [0.1, 0.15) is 34.5 Å². The zero-order valence-corrected chi connectivity index (χ0v) is 15.6. The van der Waals surface area contributed by atoms with Gasteiger partial charge in [-0.05, 0) is 44.7 Å². The van der Waals surface area contributed by atoms with E-state index in [4.69, 9.17) is 0 Å². The third kappa shape index (κ3) is 3.25. The monoisotopic (exact) mass is 365 g/mol. The van der Waals surface area contributed by atoms with Crippen molar-refractivity contribution in [2.45, 2.75) is 33.2 Å². The van der Waals surface area contributed by atoms with Crippen molar-refractivity contribution in [2.75, 3.05) is 13.1 Å². The summed E-state index contributed by atoms with van der Waals surface area (Å²) < 4.78 is 1.70. The van der Waals surface area contributed by atoms with E-state index in [-0.39, 0.29) is 11.5 Å². The Hall–Kier alpha value is -2.96. The van der Waals surface area contributed by atoms with Gasteiger partial charge in [-0.1, -0.05) is 0 Å². The van der Waals surface area contributed by atoms with Crippen LogP contribution < -0.4 is 5.56 Å². The van der Waals surface area contributed by atoms with Crippen LogP contribution >= 0.6 is 0 Å². The highest BCUT2D eigenvalue weighted by Gasteiger charge is 2.25. The molecule has 7 nitrogen and oxygen atoms in total. The largest absolute Gasteiger partial charge is 0.345 e. The second kappa shape index (κ2) is 6.98. The molecule has 0 saturated carbocycles. The third-order valence-corrected chi connectivity index (χ3v) is 5.55. The van der Waals surface area contributed by atoms with Gasteiger partial charge >= 0.3 is 0 Å². The van der Waals surface area contributed by atoms with Crippen molar-refractivity contribution in [3.8, 4) is 0 Å². The number of nitrogens with one attached hydrogen (secondary N) is 1. The van der Waals surface area contributed by atoms with Crippen LogP contribution in [-0.4, -0.2) is 43.4 Å². The van der Waals surface area contributed by atoms with E-state index in [0.29, 0.717) is 36.7 Å². The van der Waals surface area contributed by atoms with E-state index in [1.165, 1.54) is 0 Å². The van der Waals surface area contributed by atoms with Crippen molar-refractivity contribution in [1.29, 1.82) is 0 Å². The van der Waals surface area contributed by atoms with E-state index >= 15 is 0 Å². The summed E-state index contributed by atoms with van der Waals surface area (Å²) in [5.41, 5.74) is 2.93. The van der Waals surface area contributed by atoms with E-state index in [9.17, 15) is 9.59 Å². The van der Waals surface area contributed by atoms with E-state index in [2.05, 4.69) is 15.0 Å². The van der Waals surface area contributed by atoms with Gasteiger partial charge in [0.25, 0.3) is 11.5 Å². The van der Waals surface area contributed by atoms with Gasteiger partial charge in [0.1, 0.15) is 5.65 Å². The number of aromatic nitrogens is 4. The average molecular weight is 365 g/mol. The number of hydrogen-bond donors (Lipinski definition) is 1. The molecule has 27 heavy (non-hydrogen) atoms. The van der Waals surface area contributed by atoms with Crippen LogP contribution in [0, 0.1) is 19.8 Å². The van der Waals surface area contributed by atoms with Crippen LogP contribution in [0.5, 0.6) is 0 Å². The normalized spacial score (nSPS) is 15.4. The van der Waals surface area contributed by atoms with Crippen molar-refractivity contribution in [3.05, 3.63) is 58.0 Å². The summed E-state index contributed by atoms with van der Waals surface area (Å²) in [5, 5.41) is 0.859. The number of pyridine rings is 1. The number of aryl methyl sites for hydroxylation is 1. The number of carbonyl (C=O) groups excluding carboxylic acids is 1. The molecule has 0 radical (unpaired) electrons. The minimum atomic E-state index is 0.0345. The highest BCUT2D eigenvalue weighted by atomic mass is 16.2. The molecule has 1 aliphatic heterocycles. The van der Waals surface area contributed by atoms with Crippen molar-refractivity contribution >= 4 is 16.9 Å². The molecular weight excluding hydrogens is 342 g/mol. The molecule has 0 aromatic carbocycles. The summed E-state index contributed by atoms with van der Waals surface area (Å²) in [6.45, 7) is 5.73. The Morgan fingerprint density at radius 2 is 2.04 bits per heavy atom. The Kier molecular flexibility index (Phi) is 4.51. The smallest absolute Gasteiger partial charge is 0.256 e. The van der Waals surface area contributed by atoms with Gasteiger partial charge in [0.05, 0.1) is 11.9 Å². The predicted octanol–water partition coefficient (Wildman–Crippen LogP) is 2.29. The van der Waals surface area contributed by atoms with E-state index in [1.807, 2.05) is 30.9 Å². The standard InChI is InChI=1S/C20H23N5O2/c1-13-14(2)23-12-25(19(13)26)11-15-5-8-24(9-6-15)20(27)17-10-22-18-16(17)4-3-7-21-18/h3-4,7,10,12,15H,5-6,8-9,11H2,1-2H3,(H,21,22). The minimum Gasteiger partial charge on any atom is -0.345 e. The molecule has 1 fully saturated rings. The van der Waals surface area contributed by atoms with Crippen LogP contribution in [0.15, 0.2) is 35.6 Å². The number of piperidine rings is 1. The zero-order valence-electron chi connectivity index (χ0n) is 15.6. The summed E-state index contributed by atoms with van der Waals surface area (Å²) >= 11 is 0. The summed E-state index contributed by atoms with van der Waals surface area (Å²) in [6.07, 6.45) is 6.85. The van der Waals surface area contributed by atoms with E-state index < -0.39 is 0 Å². The lowest BCUT2D eigenvalue weighted by atomic mass is 9.96. The number of carbonyl (C=O) groups is 1. The van der Waals surface area contributed by atoms with Crippen LogP contribution in [0.2, 0.25) is 0 Å². The number of rotatable bonds is 3. The summed E-state index contributed by atoms with van der Waals surface area (Å²) in [7, 11) is 0. The average Bonchev–Trinajstić information content (AvgIpc) is 3.12. The number of likely N-dealkylation sites (tertiary alicyclic amines) is 1. The number of H-pyrrole nitrogens is 1. The molecular formula is C20H23N5O2. The molecule has 7 heteroatoms. The van der Waals surface area contributed by atoms with Crippen LogP contribution in [-0.2, 0) is 6.54 Å². The fourth-order valence-electron chi connectivity index (χ4n) is 3.71. The second-order valence-electron chi connectivity index (χ2n) is 7.25. The first-order chi connectivity index (χ1) is 13.0. The Bertz CT molecular complexity index is 1040. The maximum Gasteiger partial charge on any atom is 0.256 e.